The normalized spacial score (nSPS) is 10.4. The minimum Gasteiger partial charge on any atom is -0.334 e. The highest BCUT2D eigenvalue weighted by Crippen LogP contribution is 2.20. The Bertz CT molecular complexity index is 699. The van der Waals surface area contributed by atoms with Crippen molar-refractivity contribution in [3.8, 4) is 11.4 Å². The third kappa shape index (κ3) is 2.64. The molecule has 0 spiro atoms. The Morgan fingerprint density at radius 3 is 2.85 bits per heavy atom. The summed E-state index contributed by atoms with van der Waals surface area (Å²) in [5.41, 5.74) is 1.30. The van der Waals surface area contributed by atoms with Crippen molar-refractivity contribution in [2.45, 2.75) is 6.54 Å². The number of anilines is 1. The van der Waals surface area contributed by atoms with E-state index in [1.807, 2.05) is 12.1 Å². The van der Waals surface area contributed by atoms with E-state index in [-0.39, 0.29) is 17.7 Å². The molecule has 1 aromatic carbocycles. The van der Waals surface area contributed by atoms with Crippen molar-refractivity contribution in [3.05, 3.63) is 60.2 Å². The monoisotopic (exact) mass is 270 g/mol. The zero-order valence-corrected chi connectivity index (χ0v) is 10.5. The lowest BCUT2D eigenvalue weighted by Crippen LogP contribution is -1.99. The second-order valence-corrected chi connectivity index (χ2v) is 4.12. The molecule has 0 amide bonds. The van der Waals surface area contributed by atoms with Crippen LogP contribution >= 0.6 is 0 Å². The highest BCUT2D eigenvalue weighted by Gasteiger charge is 2.11. The Balaban J connectivity index is 1.73. The molecule has 6 heteroatoms. The first-order chi connectivity index (χ1) is 9.83. The van der Waals surface area contributed by atoms with Gasteiger partial charge in [0.2, 0.25) is 5.82 Å². The van der Waals surface area contributed by atoms with Gasteiger partial charge in [0.15, 0.2) is 0 Å². The first-order valence-corrected chi connectivity index (χ1v) is 6.04. The molecule has 0 bridgehead atoms. The van der Waals surface area contributed by atoms with Crippen LogP contribution in [0.4, 0.5) is 10.4 Å². The Hall–Kier alpha value is -2.76. The molecule has 100 valence electrons. The Labute approximate surface area is 114 Å². The van der Waals surface area contributed by atoms with Crippen LogP contribution in [0.3, 0.4) is 0 Å². The molecule has 5 nitrogen and oxygen atoms in total. The summed E-state index contributed by atoms with van der Waals surface area (Å²) in [4.78, 5) is 8.11. The van der Waals surface area contributed by atoms with Crippen molar-refractivity contribution < 1.29 is 8.91 Å². The van der Waals surface area contributed by atoms with Gasteiger partial charge in [-0.3, -0.25) is 4.98 Å². The second-order valence-electron chi connectivity index (χ2n) is 4.12. The van der Waals surface area contributed by atoms with Gasteiger partial charge in [0.05, 0.1) is 5.56 Å². The fourth-order valence-corrected chi connectivity index (χ4v) is 1.73. The van der Waals surface area contributed by atoms with Gasteiger partial charge in [-0.05, 0) is 23.8 Å². The van der Waals surface area contributed by atoms with Crippen LogP contribution in [-0.2, 0) is 6.54 Å². The fourth-order valence-electron chi connectivity index (χ4n) is 1.73. The van der Waals surface area contributed by atoms with E-state index in [0.717, 1.165) is 5.56 Å². The Morgan fingerprint density at radius 2 is 2.05 bits per heavy atom. The average Bonchev–Trinajstić information content (AvgIpc) is 2.95. The molecule has 0 atom stereocenters. The highest BCUT2D eigenvalue weighted by atomic mass is 19.1. The van der Waals surface area contributed by atoms with E-state index in [0.29, 0.717) is 12.1 Å². The largest absolute Gasteiger partial charge is 0.334 e. The molecule has 0 saturated heterocycles. The number of pyridine rings is 1. The third-order valence-corrected chi connectivity index (χ3v) is 2.71. The van der Waals surface area contributed by atoms with Crippen LogP contribution in [0.2, 0.25) is 0 Å². The number of halogens is 1. The van der Waals surface area contributed by atoms with Gasteiger partial charge in [-0.2, -0.15) is 4.98 Å². The predicted octanol–water partition coefficient (Wildman–Crippen LogP) is 2.88. The van der Waals surface area contributed by atoms with Crippen LogP contribution in [0, 0.1) is 5.82 Å². The molecule has 0 saturated carbocycles. The summed E-state index contributed by atoms with van der Waals surface area (Å²) in [5.74, 6) is -0.163. The van der Waals surface area contributed by atoms with E-state index in [1.54, 1.807) is 30.6 Å². The SMILES string of the molecule is Fc1ccccc1-c1noc(NCc2cccnc2)n1. The number of aromatic nitrogens is 3. The number of nitrogens with zero attached hydrogens (tertiary/aromatic N) is 3. The lowest BCUT2D eigenvalue weighted by Gasteiger charge is -1.99. The van der Waals surface area contributed by atoms with E-state index >= 15 is 0 Å². The fraction of sp³-hybridized carbons (Fsp3) is 0.0714. The summed E-state index contributed by atoms with van der Waals surface area (Å²) in [6, 6.07) is 10.3. The molecule has 0 aliphatic heterocycles. The Kier molecular flexibility index (Phi) is 3.36. The van der Waals surface area contributed by atoms with Gasteiger partial charge in [0.1, 0.15) is 5.82 Å². The molecule has 0 aliphatic rings. The van der Waals surface area contributed by atoms with Gasteiger partial charge in [-0.25, -0.2) is 4.39 Å². The molecule has 2 heterocycles. The first-order valence-electron chi connectivity index (χ1n) is 6.04. The minimum atomic E-state index is -0.382. The molecule has 0 unspecified atom stereocenters. The molecule has 1 N–H and O–H groups in total. The van der Waals surface area contributed by atoms with E-state index in [4.69, 9.17) is 4.52 Å². The van der Waals surface area contributed by atoms with Crippen LogP contribution < -0.4 is 5.32 Å². The third-order valence-electron chi connectivity index (χ3n) is 2.71. The molecule has 0 fully saturated rings. The molecule has 3 rings (SSSR count). The van der Waals surface area contributed by atoms with Crippen LogP contribution in [0.5, 0.6) is 0 Å². The first kappa shape index (κ1) is 12.3. The van der Waals surface area contributed by atoms with Crippen molar-refractivity contribution >= 4 is 6.01 Å². The van der Waals surface area contributed by atoms with Gasteiger partial charge in [-0.1, -0.05) is 23.4 Å². The van der Waals surface area contributed by atoms with E-state index < -0.39 is 0 Å². The van der Waals surface area contributed by atoms with Crippen molar-refractivity contribution in [3.63, 3.8) is 0 Å². The average molecular weight is 270 g/mol. The number of benzene rings is 1. The number of nitrogens with one attached hydrogen (secondary N) is 1. The second kappa shape index (κ2) is 5.48. The van der Waals surface area contributed by atoms with Crippen molar-refractivity contribution in [1.29, 1.82) is 0 Å². The zero-order chi connectivity index (χ0) is 13.8. The van der Waals surface area contributed by atoms with Crippen LogP contribution in [0.1, 0.15) is 5.56 Å². The quantitative estimate of drug-likeness (QED) is 0.789. The predicted molar refractivity (Wildman–Crippen MR) is 71.3 cm³/mol. The summed E-state index contributed by atoms with van der Waals surface area (Å²) < 4.78 is 18.6. The van der Waals surface area contributed by atoms with Crippen LogP contribution in [0.15, 0.2) is 53.3 Å². The lowest BCUT2D eigenvalue weighted by atomic mass is 10.2. The van der Waals surface area contributed by atoms with Crippen molar-refractivity contribution in [2.75, 3.05) is 5.32 Å². The molecular formula is C14H11FN4O. The molecule has 20 heavy (non-hydrogen) atoms. The van der Waals surface area contributed by atoms with Gasteiger partial charge in [0.25, 0.3) is 0 Å². The summed E-state index contributed by atoms with van der Waals surface area (Å²) in [6.45, 7) is 0.507. The van der Waals surface area contributed by atoms with Crippen molar-refractivity contribution in [2.24, 2.45) is 0 Å². The lowest BCUT2D eigenvalue weighted by molar-refractivity contribution is 0.431. The topological polar surface area (TPSA) is 63.8 Å². The van der Waals surface area contributed by atoms with Gasteiger partial charge >= 0.3 is 6.01 Å². The van der Waals surface area contributed by atoms with Crippen LogP contribution in [0.25, 0.3) is 11.4 Å². The molecule has 0 radical (unpaired) electrons. The zero-order valence-electron chi connectivity index (χ0n) is 10.5. The standard InChI is InChI=1S/C14H11FN4O/c15-12-6-2-1-5-11(12)13-18-14(20-19-13)17-9-10-4-3-7-16-8-10/h1-8H,9H2,(H,17,18,19). The molecule has 0 aliphatic carbocycles. The van der Waals surface area contributed by atoms with Gasteiger partial charge in [0, 0.05) is 18.9 Å². The van der Waals surface area contributed by atoms with Gasteiger partial charge < -0.3 is 9.84 Å². The van der Waals surface area contributed by atoms with E-state index in [1.165, 1.54) is 6.07 Å². The maximum atomic E-state index is 13.6. The van der Waals surface area contributed by atoms with E-state index in [9.17, 15) is 4.39 Å². The number of hydrogen-bond donors (Lipinski definition) is 1. The maximum Gasteiger partial charge on any atom is 0.322 e. The Morgan fingerprint density at radius 1 is 1.15 bits per heavy atom. The number of rotatable bonds is 4. The highest BCUT2D eigenvalue weighted by molar-refractivity contribution is 5.56. The van der Waals surface area contributed by atoms with Crippen LogP contribution in [-0.4, -0.2) is 15.1 Å². The molecule has 2 aromatic heterocycles. The summed E-state index contributed by atoms with van der Waals surface area (Å²) in [6.07, 6.45) is 3.44. The van der Waals surface area contributed by atoms with Crippen molar-refractivity contribution in [1.82, 2.24) is 15.1 Å². The minimum absolute atomic E-state index is 0.219. The van der Waals surface area contributed by atoms with Gasteiger partial charge in [-0.15, -0.1) is 0 Å². The number of hydrogen-bond acceptors (Lipinski definition) is 5. The summed E-state index contributed by atoms with van der Waals surface area (Å²) in [7, 11) is 0. The summed E-state index contributed by atoms with van der Waals surface area (Å²) in [5, 5.41) is 6.72. The smallest absolute Gasteiger partial charge is 0.322 e. The molecule has 3 aromatic rings. The molecular weight excluding hydrogens is 259 g/mol. The summed E-state index contributed by atoms with van der Waals surface area (Å²) >= 11 is 0. The van der Waals surface area contributed by atoms with E-state index in [2.05, 4.69) is 20.4 Å². The maximum absolute atomic E-state index is 13.6.